The number of ether oxygens (including phenoxy) is 1. The minimum absolute atomic E-state index is 0.0103. The van der Waals surface area contributed by atoms with Gasteiger partial charge in [-0.3, -0.25) is 29.1 Å². The van der Waals surface area contributed by atoms with E-state index < -0.39 is 22.4 Å². The SMILES string of the molecule is CCOC(=O)Cc1csc(NC(=O)Cn2c(C)c([N+](=O)[O-])ccc2=O)n1. The summed E-state index contributed by atoms with van der Waals surface area (Å²) in [6.07, 6.45) is -0.0103. The largest absolute Gasteiger partial charge is 0.466 e. The summed E-state index contributed by atoms with van der Waals surface area (Å²) in [5, 5.41) is 15.3. The zero-order valence-corrected chi connectivity index (χ0v) is 14.9. The molecule has 138 valence electrons. The number of nitro groups is 1. The van der Waals surface area contributed by atoms with E-state index in [0.717, 1.165) is 28.0 Å². The monoisotopic (exact) mass is 380 g/mol. The zero-order valence-electron chi connectivity index (χ0n) is 14.1. The van der Waals surface area contributed by atoms with Crippen LogP contribution < -0.4 is 10.9 Å². The lowest BCUT2D eigenvalue weighted by Crippen LogP contribution is -2.29. The number of hydrogen-bond donors (Lipinski definition) is 1. The summed E-state index contributed by atoms with van der Waals surface area (Å²) in [6.45, 7) is 2.97. The van der Waals surface area contributed by atoms with Crippen molar-refractivity contribution in [1.82, 2.24) is 9.55 Å². The summed E-state index contributed by atoms with van der Waals surface area (Å²) in [5.74, 6) is -0.984. The molecule has 0 aliphatic heterocycles. The number of anilines is 1. The van der Waals surface area contributed by atoms with E-state index >= 15 is 0 Å². The van der Waals surface area contributed by atoms with Crippen molar-refractivity contribution in [3.63, 3.8) is 0 Å². The number of nitrogens with zero attached hydrogens (tertiary/aromatic N) is 3. The van der Waals surface area contributed by atoms with Crippen molar-refractivity contribution in [2.24, 2.45) is 0 Å². The number of esters is 1. The van der Waals surface area contributed by atoms with E-state index in [0.29, 0.717) is 5.69 Å². The molecule has 0 bridgehead atoms. The number of thiazole rings is 1. The maximum atomic E-state index is 12.1. The van der Waals surface area contributed by atoms with Crippen molar-refractivity contribution in [2.75, 3.05) is 11.9 Å². The van der Waals surface area contributed by atoms with Crippen LogP contribution in [-0.4, -0.2) is 33.0 Å². The summed E-state index contributed by atoms with van der Waals surface area (Å²) in [4.78, 5) is 49.8. The Morgan fingerprint density at radius 3 is 2.81 bits per heavy atom. The summed E-state index contributed by atoms with van der Waals surface area (Å²) >= 11 is 1.12. The lowest BCUT2D eigenvalue weighted by Gasteiger charge is -2.09. The van der Waals surface area contributed by atoms with Crippen molar-refractivity contribution in [2.45, 2.75) is 26.8 Å². The molecule has 0 aliphatic carbocycles. The quantitative estimate of drug-likeness (QED) is 0.434. The van der Waals surface area contributed by atoms with Gasteiger partial charge in [0.1, 0.15) is 6.54 Å². The summed E-state index contributed by atoms with van der Waals surface area (Å²) in [7, 11) is 0. The molecule has 2 rings (SSSR count). The fourth-order valence-electron chi connectivity index (χ4n) is 2.16. The van der Waals surface area contributed by atoms with Gasteiger partial charge in [0.25, 0.3) is 11.2 Å². The number of amides is 1. The third kappa shape index (κ3) is 4.72. The second kappa shape index (κ2) is 8.34. The highest BCUT2D eigenvalue weighted by Gasteiger charge is 2.17. The van der Waals surface area contributed by atoms with Gasteiger partial charge in [0.15, 0.2) is 5.13 Å². The number of aromatic nitrogens is 2. The first kappa shape index (κ1) is 19.2. The third-order valence-corrected chi connectivity index (χ3v) is 4.16. The first-order chi connectivity index (χ1) is 12.3. The molecular formula is C15H16N4O6S. The van der Waals surface area contributed by atoms with Crippen LogP contribution in [0.5, 0.6) is 0 Å². The Hall–Kier alpha value is -3.08. The van der Waals surface area contributed by atoms with Crippen molar-refractivity contribution < 1.29 is 19.2 Å². The molecule has 1 N–H and O–H groups in total. The zero-order chi connectivity index (χ0) is 19.3. The van der Waals surface area contributed by atoms with Gasteiger partial charge in [0, 0.05) is 17.5 Å². The standard InChI is InChI=1S/C15H16N4O6S/c1-3-25-14(22)6-10-8-26-15(16-10)17-12(20)7-18-9(2)11(19(23)24)4-5-13(18)21/h4-5,8H,3,6-7H2,1-2H3,(H,16,17,20). The molecule has 10 nitrogen and oxygen atoms in total. The lowest BCUT2D eigenvalue weighted by molar-refractivity contribution is -0.386. The van der Waals surface area contributed by atoms with E-state index in [1.807, 2.05) is 0 Å². The molecule has 0 radical (unpaired) electrons. The van der Waals surface area contributed by atoms with Gasteiger partial charge in [0.05, 0.1) is 29.3 Å². The van der Waals surface area contributed by atoms with E-state index in [4.69, 9.17) is 4.74 Å². The van der Waals surface area contributed by atoms with Crippen LogP contribution in [0.15, 0.2) is 22.3 Å². The van der Waals surface area contributed by atoms with E-state index in [2.05, 4.69) is 10.3 Å². The van der Waals surface area contributed by atoms with Crippen LogP contribution in [0.4, 0.5) is 10.8 Å². The van der Waals surface area contributed by atoms with Crippen LogP contribution >= 0.6 is 11.3 Å². The molecule has 0 spiro atoms. The minimum Gasteiger partial charge on any atom is -0.466 e. The summed E-state index contributed by atoms with van der Waals surface area (Å²) < 4.78 is 5.83. The molecule has 0 fully saturated rings. The molecule has 0 saturated carbocycles. The maximum absolute atomic E-state index is 12.1. The van der Waals surface area contributed by atoms with Crippen LogP contribution in [0.25, 0.3) is 0 Å². The van der Waals surface area contributed by atoms with Gasteiger partial charge in [-0.25, -0.2) is 4.98 Å². The Labute approximate surface area is 151 Å². The van der Waals surface area contributed by atoms with Gasteiger partial charge in [-0.2, -0.15) is 0 Å². The fraction of sp³-hybridized carbons (Fsp3) is 0.333. The predicted molar refractivity (Wildman–Crippen MR) is 93.2 cm³/mol. The van der Waals surface area contributed by atoms with E-state index in [-0.39, 0.29) is 36.1 Å². The Kier molecular flexibility index (Phi) is 6.17. The normalized spacial score (nSPS) is 10.4. The summed E-state index contributed by atoms with van der Waals surface area (Å²) in [5.41, 5.74) is -0.235. The second-order valence-corrected chi connectivity index (χ2v) is 6.02. The predicted octanol–water partition coefficient (Wildman–Crippen LogP) is 1.27. The minimum atomic E-state index is -0.619. The van der Waals surface area contributed by atoms with Crippen molar-refractivity contribution in [3.8, 4) is 0 Å². The fourth-order valence-corrected chi connectivity index (χ4v) is 2.89. The third-order valence-electron chi connectivity index (χ3n) is 3.35. The molecule has 26 heavy (non-hydrogen) atoms. The van der Waals surface area contributed by atoms with Crippen molar-refractivity contribution in [3.05, 3.63) is 49.4 Å². The van der Waals surface area contributed by atoms with Gasteiger partial charge in [-0.05, 0) is 13.8 Å². The first-order valence-corrected chi connectivity index (χ1v) is 8.44. The number of nitrogens with one attached hydrogen (secondary N) is 1. The highest BCUT2D eigenvalue weighted by atomic mass is 32.1. The molecule has 1 amide bonds. The Morgan fingerprint density at radius 2 is 2.15 bits per heavy atom. The topological polar surface area (TPSA) is 133 Å². The molecule has 0 aromatic carbocycles. The van der Waals surface area contributed by atoms with Gasteiger partial charge >= 0.3 is 5.97 Å². The van der Waals surface area contributed by atoms with E-state index in [9.17, 15) is 24.5 Å². The molecule has 0 aliphatic rings. The van der Waals surface area contributed by atoms with Crippen LogP contribution in [0.2, 0.25) is 0 Å². The van der Waals surface area contributed by atoms with E-state index in [1.165, 1.54) is 6.92 Å². The Bertz CT molecular complexity index is 904. The van der Waals surface area contributed by atoms with Gasteiger partial charge in [-0.15, -0.1) is 11.3 Å². The number of carbonyl (C=O) groups excluding carboxylic acids is 2. The number of hydrogen-bond acceptors (Lipinski definition) is 8. The second-order valence-electron chi connectivity index (χ2n) is 5.16. The number of rotatable bonds is 7. The lowest BCUT2D eigenvalue weighted by atomic mass is 10.3. The van der Waals surface area contributed by atoms with Crippen LogP contribution in [0, 0.1) is 17.0 Å². The Morgan fingerprint density at radius 1 is 1.42 bits per heavy atom. The molecular weight excluding hydrogens is 364 g/mol. The van der Waals surface area contributed by atoms with Gasteiger partial charge in [0.2, 0.25) is 5.91 Å². The smallest absolute Gasteiger partial charge is 0.311 e. The molecule has 0 atom stereocenters. The van der Waals surface area contributed by atoms with Crippen LogP contribution in [-0.2, 0) is 27.3 Å². The number of pyridine rings is 1. The van der Waals surface area contributed by atoms with Crippen molar-refractivity contribution >= 4 is 34.0 Å². The first-order valence-electron chi connectivity index (χ1n) is 7.56. The molecule has 2 heterocycles. The average molecular weight is 380 g/mol. The molecule has 0 unspecified atom stereocenters. The Balaban J connectivity index is 2.07. The molecule has 11 heteroatoms. The van der Waals surface area contributed by atoms with Crippen LogP contribution in [0.3, 0.4) is 0 Å². The maximum Gasteiger partial charge on any atom is 0.311 e. The highest BCUT2D eigenvalue weighted by Crippen LogP contribution is 2.17. The molecule has 0 saturated heterocycles. The van der Waals surface area contributed by atoms with E-state index in [1.54, 1.807) is 12.3 Å². The highest BCUT2D eigenvalue weighted by molar-refractivity contribution is 7.13. The van der Waals surface area contributed by atoms with Crippen LogP contribution in [0.1, 0.15) is 18.3 Å². The number of carbonyl (C=O) groups is 2. The van der Waals surface area contributed by atoms with Gasteiger partial charge in [-0.1, -0.05) is 0 Å². The van der Waals surface area contributed by atoms with Crippen molar-refractivity contribution in [1.29, 1.82) is 0 Å². The summed E-state index contributed by atoms with van der Waals surface area (Å²) in [6, 6.07) is 2.15. The molecule has 2 aromatic rings. The molecule has 2 aromatic heterocycles. The van der Waals surface area contributed by atoms with Gasteiger partial charge < -0.3 is 10.1 Å². The average Bonchev–Trinajstić information content (AvgIpc) is 2.98.